The summed E-state index contributed by atoms with van der Waals surface area (Å²) < 4.78 is 11.5. The Bertz CT molecular complexity index is 811. The second-order valence-electron chi connectivity index (χ2n) is 8.14. The number of imide groups is 1. The fraction of sp³-hybridized carbons (Fsp3) is 0.571. The molecule has 1 aliphatic heterocycles. The van der Waals surface area contributed by atoms with Gasteiger partial charge in [0.15, 0.2) is 11.5 Å². The summed E-state index contributed by atoms with van der Waals surface area (Å²) in [6.07, 6.45) is 6.61. The molecule has 1 heterocycles. The topological polar surface area (TPSA) is 106 Å². The molecule has 0 bridgehead atoms. The van der Waals surface area contributed by atoms with Crippen LogP contribution in [-0.4, -0.2) is 36.6 Å². The van der Waals surface area contributed by atoms with E-state index < -0.39 is 11.6 Å². The molecule has 3 aliphatic rings. The first-order valence-corrected chi connectivity index (χ1v) is 10.3. The van der Waals surface area contributed by atoms with E-state index in [-0.39, 0.29) is 23.8 Å². The fourth-order valence-electron chi connectivity index (χ4n) is 4.53. The van der Waals surface area contributed by atoms with Gasteiger partial charge in [0.1, 0.15) is 5.54 Å². The molecule has 1 spiro atoms. The monoisotopic (exact) mass is 401 g/mol. The van der Waals surface area contributed by atoms with Crippen molar-refractivity contribution < 1.29 is 23.9 Å². The molecular formula is C21H27N3O5. The number of rotatable bonds is 5. The van der Waals surface area contributed by atoms with E-state index in [1.807, 2.05) is 6.07 Å². The molecule has 156 valence electrons. The van der Waals surface area contributed by atoms with Gasteiger partial charge in [-0.25, -0.2) is 4.79 Å². The van der Waals surface area contributed by atoms with Crippen molar-refractivity contribution in [3.63, 3.8) is 0 Å². The number of carbonyl (C=O) groups is 3. The highest BCUT2D eigenvalue weighted by atomic mass is 16.5. The van der Waals surface area contributed by atoms with Crippen LogP contribution >= 0.6 is 0 Å². The van der Waals surface area contributed by atoms with Crippen LogP contribution in [0.25, 0.3) is 0 Å². The Balaban J connectivity index is 1.38. The molecule has 4 amide bonds. The predicted octanol–water partition coefficient (Wildman–Crippen LogP) is 2.72. The number of carbonyl (C=O) groups excluding carboxylic acids is 3. The Morgan fingerprint density at radius 1 is 1.10 bits per heavy atom. The highest BCUT2D eigenvalue weighted by Gasteiger charge is 2.48. The molecule has 3 fully saturated rings. The number of anilines is 1. The van der Waals surface area contributed by atoms with Gasteiger partial charge in [0, 0.05) is 17.7 Å². The Morgan fingerprint density at radius 3 is 2.45 bits per heavy atom. The van der Waals surface area contributed by atoms with Crippen molar-refractivity contribution in [1.29, 1.82) is 0 Å². The normalized spacial score (nSPS) is 26.9. The maximum absolute atomic E-state index is 12.8. The van der Waals surface area contributed by atoms with Crippen LogP contribution in [0.4, 0.5) is 10.5 Å². The first-order valence-electron chi connectivity index (χ1n) is 10.3. The van der Waals surface area contributed by atoms with Gasteiger partial charge < -0.3 is 20.1 Å². The van der Waals surface area contributed by atoms with E-state index in [1.165, 1.54) is 12.8 Å². The minimum absolute atomic E-state index is 0.0819. The average molecular weight is 401 g/mol. The van der Waals surface area contributed by atoms with Crippen LogP contribution in [-0.2, 0) is 9.59 Å². The van der Waals surface area contributed by atoms with Gasteiger partial charge in [0.25, 0.3) is 5.91 Å². The third-order valence-electron chi connectivity index (χ3n) is 6.25. The van der Waals surface area contributed by atoms with Crippen molar-refractivity contribution in [2.45, 2.75) is 63.0 Å². The van der Waals surface area contributed by atoms with Crippen molar-refractivity contribution in [2.24, 2.45) is 5.92 Å². The smallest absolute Gasteiger partial charge is 0.322 e. The van der Waals surface area contributed by atoms with E-state index in [0.717, 1.165) is 12.8 Å². The quantitative estimate of drug-likeness (QED) is 0.658. The van der Waals surface area contributed by atoms with Crippen molar-refractivity contribution in [3.05, 3.63) is 18.2 Å². The van der Waals surface area contributed by atoms with Crippen molar-refractivity contribution in [1.82, 2.24) is 10.6 Å². The van der Waals surface area contributed by atoms with Gasteiger partial charge in [0.2, 0.25) is 5.91 Å². The highest BCUT2D eigenvalue weighted by molar-refractivity contribution is 6.07. The van der Waals surface area contributed by atoms with E-state index in [4.69, 9.17) is 9.47 Å². The molecule has 3 N–H and O–H groups in total. The molecule has 4 rings (SSSR count). The van der Waals surface area contributed by atoms with Gasteiger partial charge >= 0.3 is 6.03 Å². The zero-order valence-corrected chi connectivity index (χ0v) is 16.6. The fourth-order valence-corrected chi connectivity index (χ4v) is 4.53. The van der Waals surface area contributed by atoms with E-state index in [2.05, 4.69) is 16.0 Å². The van der Waals surface area contributed by atoms with Gasteiger partial charge in [-0.2, -0.15) is 0 Å². The van der Waals surface area contributed by atoms with Crippen LogP contribution in [0.15, 0.2) is 18.2 Å². The summed E-state index contributed by atoms with van der Waals surface area (Å²) in [7, 11) is 1.60. The lowest BCUT2D eigenvalue weighted by molar-refractivity contribution is -0.128. The van der Waals surface area contributed by atoms with Crippen LogP contribution in [0.3, 0.4) is 0 Å². The summed E-state index contributed by atoms with van der Waals surface area (Å²) in [4.78, 5) is 36.3. The first kappa shape index (κ1) is 19.5. The predicted molar refractivity (Wildman–Crippen MR) is 106 cm³/mol. The Hall–Kier alpha value is -2.77. The second kappa shape index (κ2) is 7.93. The maximum atomic E-state index is 12.8. The van der Waals surface area contributed by atoms with Crippen LogP contribution in [0, 0.1) is 5.92 Å². The maximum Gasteiger partial charge on any atom is 0.322 e. The summed E-state index contributed by atoms with van der Waals surface area (Å²) in [6.45, 7) is 0. The third kappa shape index (κ3) is 4.02. The second-order valence-corrected chi connectivity index (χ2v) is 8.14. The molecule has 1 aromatic rings. The average Bonchev–Trinajstić information content (AvgIpc) is 3.30. The Morgan fingerprint density at radius 2 is 1.83 bits per heavy atom. The van der Waals surface area contributed by atoms with Crippen LogP contribution < -0.4 is 25.4 Å². The van der Waals surface area contributed by atoms with E-state index in [9.17, 15) is 14.4 Å². The number of hydrogen-bond donors (Lipinski definition) is 3. The van der Waals surface area contributed by atoms with Crippen LogP contribution in [0.1, 0.15) is 51.4 Å². The summed E-state index contributed by atoms with van der Waals surface area (Å²) >= 11 is 0. The lowest BCUT2D eigenvalue weighted by Gasteiger charge is -2.33. The Kier molecular flexibility index (Phi) is 5.34. The van der Waals surface area contributed by atoms with Gasteiger partial charge in [-0.1, -0.05) is 0 Å². The molecule has 0 atom stereocenters. The van der Waals surface area contributed by atoms with Crippen molar-refractivity contribution in [2.75, 3.05) is 12.4 Å². The number of ether oxygens (including phenoxy) is 2. The summed E-state index contributed by atoms with van der Waals surface area (Å²) in [5.74, 6) is 0.724. The number of benzene rings is 1. The van der Waals surface area contributed by atoms with Gasteiger partial charge in [-0.3, -0.25) is 14.9 Å². The van der Waals surface area contributed by atoms with Crippen LogP contribution in [0.2, 0.25) is 0 Å². The van der Waals surface area contributed by atoms with Gasteiger partial charge in [0.05, 0.1) is 13.2 Å². The molecule has 0 radical (unpaired) electrons. The highest BCUT2D eigenvalue weighted by Crippen LogP contribution is 2.36. The Labute approximate surface area is 169 Å². The minimum Gasteiger partial charge on any atom is -0.493 e. The van der Waals surface area contributed by atoms with E-state index >= 15 is 0 Å². The minimum atomic E-state index is -0.851. The zero-order valence-electron chi connectivity index (χ0n) is 16.6. The van der Waals surface area contributed by atoms with Crippen molar-refractivity contribution >= 4 is 23.5 Å². The molecule has 1 aromatic carbocycles. The third-order valence-corrected chi connectivity index (χ3v) is 6.25. The number of urea groups is 1. The summed E-state index contributed by atoms with van der Waals surface area (Å²) in [5, 5.41) is 7.98. The largest absolute Gasteiger partial charge is 0.493 e. The van der Waals surface area contributed by atoms with Crippen molar-refractivity contribution in [3.8, 4) is 11.5 Å². The molecule has 1 saturated heterocycles. The molecule has 0 unspecified atom stereocenters. The number of methoxy groups -OCH3 is 1. The molecule has 8 heteroatoms. The number of amides is 4. The molecule has 29 heavy (non-hydrogen) atoms. The van der Waals surface area contributed by atoms with Gasteiger partial charge in [-0.15, -0.1) is 0 Å². The molecule has 8 nitrogen and oxygen atoms in total. The molecule has 2 aliphatic carbocycles. The van der Waals surface area contributed by atoms with E-state index in [0.29, 0.717) is 42.9 Å². The lowest BCUT2D eigenvalue weighted by atomic mass is 9.76. The summed E-state index contributed by atoms with van der Waals surface area (Å²) in [5.41, 5.74) is -0.188. The lowest BCUT2D eigenvalue weighted by Crippen LogP contribution is -2.50. The molecule has 2 saturated carbocycles. The molecular weight excluding hydrogens is 374 g/mol. The standard InChI is InChI=1S/C21H27N3O5/c1-28-16-7-6-14(12-17(16)29-15-4-2-3-5-15)22-18(25)13-8-10-21(11-9-13)19(26)23-20(27)24-21/h6-7,12-13,15H,2-5,8-11H2,1H3,(H,22,25)(H2,23,24,26,27). The van der Waals surface area contributed by atoms with E-state index in [1.54, 1.807) is 19.2 Å². The number of nitrogens with one attached hydrogen (secondary N) is 3. The zero-order chi connectivity index (χ0) is 20.4. The van der Waals surface area contributed by atoms with Crippen LogP contribution in [0.5, 0.6) is 11.5 Å². The first-order chi connectivity index (χ1) is 14.0. The number of hydrogen-bond acceptors (Lipinski definition) is 5. The summed E-state index contributed by atoms with van der Waals surface area (Å²) in [6, 6.07) is 4.96. The van der Waals surface area contributed by atoms with Gasteiger partial charge in [-0.05, 0) is 63.5 Å². The SMILES string of the molecule is COc1ccc(NC(=O)C2CCC3(CC2)NC(=O)NC3=O)cc1OC1CCCC1. The molecule has 0 aromatic heterocycles.